The highest BCUT2D eigenvalue weighted by Gasteiger charge is 2.32. The van der Waals surface area contributed by atoms with Crippen LogP contribution >= 0.6 is 0 Å². The molecule has 2 N–H and O–H groups in total. The van der Waals surface area contributed by atoms with E-state index in [-0.39, 0.29) is 36.0 Å². The van der Waals surface area contributed by atoms with Gasteiger partial charge in [0.1, 0.15) is 12.4 Å². The number of nitrogens with zero attached hydrogens (tertiary/aromatic N) is 3. The van der Waals surface area contributed by atoms with Crippen molar-refractivity contribution in [2.45, 2.75) is 57.9 Å². The van der Waals surface area contributed by atoms with E-state index in [2.05, 4.69) is 4.99 Å². The zero-order valence-electron chi connectivity index (χ0n) is 19.4. The molecule has 2 aromatic rings. The predicted octanol–water partition coefficient (Wildman–Crippen LogP) is 3.40. The first-order valence-electron chi connectivity index (χ1n) is 10.9. The van der Waals surface area contributed by atoms with Crippen LogP contribution in [0.1, 0.15) is 55.2 Å². The molecule has 33 heavy (non-hydrogen) atoms. The van der Waals surface area contributed by atoms with E-state index in [1.807, 2.05) is 37.2 Å². The van der Waals surface area contributed by atoms with Crippen LogP contribution in [0.3, 0.4) is 0 Å². The molecule has 10 heteroatoms. The quantitative estimate of drug-likeness (QED) is 0.704. The number of benzene rings is 1. The maximum Gasteiger partial charge on any atom is 0.416 e. The second-order valence-electron chi connectivity index (χ2n) is 9.14. The Morgan fingerprint density at radius 2 is 2.00 bits per heavy atom. The third-order valence-corrected chi connectivity index (χ3v) is 5.54. The van der Waals surface area contributed by atoms with Gasteiger partial charge in [-0.15, -0.1) is 0 Å². The zero-order chi connectivity index (χ0) is 24.4. The second kappa shape index (κ2) is 9.72. The fraction of sp³-hybridized carbons (Fsp3) is 0.565. The molecule has 2 heterocycles. The van der Waals surface area contributed by atoms with E-state index in [4.69, 9.17) is 15.2 Å². The smallest absolute Gasteiger partial charge is 0.416 e. The van der Waals surface area contributed by atoms with Crippen molar-refractivity contribution in [1.29, 1.82) is 0 Å². The molecule has 1 aliphatic rings. The predicted molar refractivity (Wildman–Crippen MR) is 117 cm³/mol. The van der Waals surface area contributed by atoms with Gasteiger partial charge in [0, 0.05) is 37.4 Å². The molecule has 7 nitrogen and oxygen atoms in total. The number of rotatable bonds is 6. The molecule has 1 saturated heterocycles. The molecular formula is C23H31F3N4O3. The lowest BCUT2D eigenvalue weighted by molar-refractivity contribution is -0.137. The van der Waals surface area contributed by atoms with E-state index in [1.165, 1.54) is 0 Å². The number of carbonyl (C=O) groups excluding carboxylic acids is 1. The molecule has 1 atom stereocenters. The molecule has 0 saturated carbocycles. The summed E-state index contributed by atoms with van der Waals surface area (Å²) in [6.45, 7) is 7.49. The van der Waals surface area contributed by atoms with Crippen molar-refractivity contribution >= 4 is 5.91 Å². The summed E-state index contributed by atoms with van der Waals surface area (Å²) in [6.07, 6.45) is -2.77. The van der Waals surface area contributed by atoms with Crippen molar-refractivity contribution in [2.75, 3.05) is 19.8 Å². The fourth-order valence-corrected chi connectivity index (χ4v) is 3.90. The Morgan fingerprint density at radius 1 is 1.27 bits per heavy atom. The van der Waals surface area contributed by atoms with Crippen LogP contribution in [0.25, 0.3) is 0 Å². The first kappa shape index (κ1) is 25.0. The van der Waals surface area contributed by atoms with E-state index >= 15 is 0 Å². The van der Waals surface area contributed by atoms with Gasteiger partial charge in [0.15, 0.2) is 5.49 Å². The first-order valence-corrected chi connectivity index (χ1v) is 10.9. The standard InChI is InChI=1S/C23H31F3N4O3/c1-22(2,3)19-13-20(30(29(19)4)14-16-6-5-10-32-16)28-21(31)17-12-15(23(24,25)26)7-8-18(17)33-11-9-27/h7-8,12-13,16H,5-6,9-11,14,27H2,1-4H3/b28-20+/t16-/m1/s1. The number of alkyl halides is 3. The van der Waals surface area contributed by atoms with Crippen LogP contribution < -0.4 is 16.0 Å². The SMILES string of the molecule is Cn1c(C(C)(C)C)c/c(=N\C(=O)c2cc(C(F)(F)F)ccc2OCCN)n1C[C@H]1CCCO1. The van der Waals surface area contributed by atoms with Gasteiger partial charge in [0.25, 0.3) is 5.91 Å². The van der Waals surface area contributed by atoms with Crippen molar-refractivity contribution in [3.8, 4) is 5.75 Å². The summed E-state index contributed by atoms with van der Waals surface area (Å²) in [5.74, 6) is -0.805. The molecule has 3 rings (SSSR count). The molecule has 1 fully saturated rings. The van der Waals surface area contributed by atoms with Gasteiger partial charge in [-0.1, -0.05) is 20.8 Å². The van der Waals surface area contributed by atoms with Crippen LogP contribution in [0.2, 0.25) is 0 Å². The lowest BCUT2D eigenvalue weighted by Crippen LogP contribution is -2.30. The monoisotopic (exact) mass is 468 g/mol. The van der Waals surface area contributed by atoms with Crippen LogP contribution in [0, 0.1) is 0 Å². The molecule has 1 aromatic carbocycles. The highest BCUT2D eigenvalue weighted by Crippen LogP contribution is 2.33. The first-order chi connectivity index (χ1) is 15.4. The second-order valence-corrected chi connectivity index (χ2v) is 9.14. The van der Waals surface area contributed by atoms with E-state index in [0.29, 0.717) is 18.6 Å². The van der Waals surface area contributed by atoms with Crippen LogP contribution in [0.15, 0.2) is 29.3 Å². The maximum atomic E-state index is 13.3. The van der Waals surface area contributed by atoms with Crippen LogP contribution in [0.4, 0.5) is 13.2 Å². The molecule has 0 unspecified atom stereocenters. The molecule has 1 amide bonds. The lowest BCUT2D eigenvalue weighted by atomic mass is 9.92. The molecule has 0 radical (unpaired) electrons. The van der Waals surface area contributed by atoms with Gasteiger partial charge in [-0.05, 0) is 31.0 Å². The average molecular weight is 469 g/mol. The summed E-state index contributed by atoms with van der Waals surface area (Å²) in [5, 5.41) is 0. The summed E-state index contributed by atoms with van der Waals surface area (Å²) < 4.78 is 54.8. The van der Waals surface area contributed by atoms with E-state index in [1.54, 1.807) is 6.07 Å². The van der Waals surface area contributed by atoms with Gasteiger partial charge in [0.05, 0.1) is 23.8 Å². The summed E-state index contributed by atoms with van der Waals surface area (Å²) in [6, 6.07) is 4.57. The molecule has 1 aliphatic heterocycles. The topological polar surface area (TPSA) is 83.8 Å². The molecule has 0 aliphatic carbocycles. The molecule has 0 spiro atoms. The Hall–Kier alpha value is -2.59. The third kappa shape index (κ3) is 5.86. The minimum absolute atomic E-state index is 0.0138. The van der Waals surface area contributed by atoms with Crippen molar-refractivity contribution in [3.05, 3.63) is 46.6 Å². The van der Waals surface area contributed by atoms with E-state index in [9.17, 15) is 18.0 Å². The van der Waals surface area contributed by atoms with Crippen LogP contribution in [-0.4, -0.2) is 41.1 Å². The minimum Gasteiger partial charge on any atom is -0.491 e. The number of hydrogen-bond donors (Lipinski definition) is 1. The summed E-state index contributed by atoms with van der Waals surface area (Å²) >= 11 is 0. The number of aromatic nitrogens is 2. The Morgan fingerprint density at radius 3 is 2.58 bits per heavy atom. The molecular weight excluding hydrogens is 437 g/mol. The summed E-state index contributed by atoms with van der Waals surface area (Å²) in [4.78, 5) is 17.4. The average Bonchev–Trinajstić information content (AvgIpc) is 3.34. The maximum absolute atomic E-state index is 13.3. The highest BCUT2D eigenvalue weighted by atomic mass is 19.4. The normalized spacial score (nSPS) is 17.6. The van der Waals surface area contributed by atoms with Gasteiger partial charge in [0.2, 0.25) is 0 Å². The van der Waals surface area contributed by atoms with Crippen molar-refractivity contribution in [3.63, 3.8) is 0 Å². The lowest BCUT2D eigenvalue weighted by Gasteiger charge is -2.21. The number of nitrogens with two attached hydrogens (primary N) is 1. The van der Waals surface area contributed by atoms with Gasteiger partial charge in [-0.25, -0.2) is 0 Å². The largest absolute Gasteiger partial charge is 0.491 e. The molecule has 1 aromatic heterocycles. The third-order valence-electron chi connectivity index (χ3n) is 5.54. The number of amides is 1. The zero-order valence-corrected chi connectivity index (χ0v) is 19.4. The summed E-state index contributed by atoms with van der Waals surface area (Å²) in [5.41, 5.74) is 5.28. The number of ether oxygens (including phenoxy) is 2. The number of halogens is 3. The van der Waals surface area contributed by atoms with Gasteiger partial charge < -0.3 is 15.2 Å². The molecule has 182 valence electrons. The van der Waals surface area contributed by atoms with Crippen molar-refractivity contribution in [2.24, 2.45) is 17.8 Å². The fourth-order valence-electron chi connectivity index (χ4n) is 3.90. The Labute approximate surface area is 191 Å². The number of carbonyl (C=O) groups is 1. The van der Waals surface area contributed by atoms with Crippen LogP contribution in [0.5, 0.6) is 5.75 Å². The number of hydrogen-bond acceptors (Lipinski definition) is 4. The summed E-state index contributed by atoms with van der Waals surface area (Å²) in [7, 11) is 1.87. The van der Waals surface area contributed by atoms with Crippen molar-refractivity contribution in [1.82, 2.24) is 9.36 Å². The Balaban J connectivity index is 2.10. The van der Waals surface area contributed by atoms with Gasteiger partial charge >= 0.3 is 6.18 Å². The van der Waals surface area contributed by atoms with Crippen molar-refractivity contribution < 1.29 is 27.4 Å². The van der Waals surface area contributed by atoms with Gasteiger partial charge in [-0.2, -0.15) is 18.2 Å². The van der Waals surface area contributed by atoms with E-state index < -0.39 is 17.6 Å². The Kier molecular flexibility index (Phi) is 7.38. The van der Waals surface area contributed by atoms with E-state index in [0.717, 1.165) is 36.7 Å². The minimum atomic E-state index is -4.60. The highest BCUT2D eigenvalue weighted by molar-refractivity contribution is 5.97. The van der Waals surface area contributed by atoms with Crippen LogP contribution in [-0.2, 0) is 29.9 Å². The molecule has 0 bridgehead atoms. The Bertz CT molecular complexity index is 1060. The van der Waals surface area contributed by atoms with Gasteiger partial charge in [-0.3, -0.25) is 14.2 Å².